The fourth-order valence-corrected chi connectivity index (χ4v) is 4.65. The van der Waals surface area contributed by atoms with Crippen molar-refractivity contribution in [3.05, 3.63) is 131 Å². The molecule has 0 radical (unpaired) electrons. The van der Waals surface area contributed by atoms with E-state index in [1.807, 2.05) is 0 Å². The molecule has 0 spiro atoms. The topological polar surface area (TPSA) is 0 Å². The number of benzene rings is 4. The molecule has 0 atom stereocenters. The molecular weight excluding hydrogens is 336 g/mol. The summed E-state index contributed by atoms with van der Waals surface area (Å²) in [6.07, 6.45) is 3.20. The molecule has 1 aliphatic rings. The highest BCUT2D eigenvalue weighted by Crippen LogP contribution is 2.41. The van der Waals surface area contributed by atoms with Gasteiger partial charge in [0.2, 0.25) is 0 Å². The van der Waals surface area contributed by atoms with E-state index in [0.717, 1.165) is 19.3 Å². The molecule has 0 N–H and O–H groups in total. The Bertz CT molecular complexity index is 1040. The predicted octanol–water partition coefficient (Wildman–Crippen LogP) is 6.83. The first-order valence-electron chi connectivity index (χ1n) is 10.2. The van der Waals surface area contributed by atoms with Crippen molar-refractivity contribution in [3.63, 3.8) is 0 Å². The van der Waals surface area contributed by atoms with E-state index in [9.17, 15) is 0 Å². The van der Waals surface area contributed by atoms with Gasteiger partial charge in [0.1, 0.15) is 0 Å². The van der Waals surface area contributed by atoms with Gasteiger partial charge >= 0.3 is 0 Å². The van der Waals surface area contributed by atoms with Crippen molar-refractivity contribution in [2.75, 3.05) is 0 Å². The Kier molecular flexibility index (Phi) is 4.54. The minimum atomic E-state index is 0.481. The molecule has 4 aromatic rings. The summed E-state index contributed by atoms with van der Waals surface area (Å²) < 4.78 is 0. The third kappa shape index (κ3) is 3.27. The summed E-state index contributed by atoms with van der Waals surface area (Å²) in [5.41, 5.74) is 10.2. The molecule has 4 aromatic carbocycles. The number of hydrogen-bond acceptors (Lipinski definition) is 0. The van der Waals surface area contributed by atoms with Gasteiger partial charge in [0.25, 0.3) is 0 Å². The lowest BCUT2D eigenvalue weighted by atomic mass is 9.83. The zero-order valence-corrected chi connectivity index (χ0v) is 16.0. The van der Waals surface area contributed by atoms with E-state index in [2.05, 4.69) is 103 Å². The first kappa shape index (κ1) is 17.0. The molecule has 0 unspecified atom stereocenters. The third-order valence-corrected chi connectivity index (χ3v) is 5.98. The lowest BCUT2D eigenvalue weighted by Gasteiger charge is -2.21. The molecule has 0 bridgehead atoms. The Hall–Kier alpha value is -3.12. The largest absolute Gasteiger partial charge is 0.0622 e. The highest BCUT2D eigenvalue weighted by atomic mass is 14.3. The van der Waals surface area contributed by atoms with Crippen LogP contribution in [0.2, 0.25) is 0 Å². The zero-order valence-electron chi connectivity index (χ0n) is 16.0. The zero-order chi connectivity index (χ0) is 18.8. The van der Waals surface area contributed by atoms with Crippen molar-refractivity contribution in [2.45, 2.75) is 25.2 Å². The summed E-state index contributed by atoms with van der Waals surface area (Å²) in [5.74, 6) is 0.481. The lowest BCUT2D eigenvalue weighted by molar-refractivity contribution is 0.674. The van der Waals surface area contributed by atoms with Gasteiger partial charge in [-0.25, -0.2) is 0 Å². The van der Waals surface area contributed by atoms with Crippen molar-refractivity contribution in [1.82, 2.24) is 0 Å². The van der Waals surface area contributed by atoms with E-state index >= 15 is 0 Å². The molecule has 5 rings (SSSR count). The standard InChI is InChI=1S/C28H24/c1-3-10-21(11-4-1)18-24(19-22-12-5-2-6-13-22)26-16-9-17-27-25-15-8-7-14-23(25)20-28(26)27/h1-17,24H,18-20H2. The summed E-state index contributed by atoms with van der Waals surface area (Å²) in [6.45, 7) is 0. The average Bonchev–Trinajstić information content (AvgIpc) is 3.14. The lowest BCUT2D eigenvalue weighted by Crippen LogP contribution is -2.09. The van der Waals surface area contributed by atoms with Crippen LogP contribution in [0, 0.1) is 0 Å². The van der Waals surface area contributed by atoms with Crippen LogP contribution in [0.4, 0.5) is 0 Å². The highest BCUT2D eigenvalue weighted by Gasteiger charge is 2.24. The predicted molar refractivity (Wildman–Crippen MR) is 118 cm³/mol. The summed E-state index contributed by atoms with van der Waals surface area (Å²) >= 11 is 0. The Morgan fingerprint density at radius 1 is 0.536 bits per heavy atom. The van der Waals surface area contributed by atoms with E-state index in [0.29, 0.717) is 5.92 Å². The molecule has 136 valence electrons. The Labute approximate surface area is 167 Å². The van der Waals surface area contributed by atoms with Gasteiger partial charge in [0, 0.05) is 0 Å². The fraction of sp³-hybridized carbons (Fsp3) is 0.143. The van der Waals surface area contributed by atoms with Crippen LogP contribution in [-0.2, 0) is 19.3 Å². The fourth-order valence-electron chi connectivity index (χ4n) is 4.65. The van der Waals surface area contributed by atoms with E-state index < -0.39 is 0 Å². The van der Waals surface area contributed by atoms with Crippen LogP contribution in [0.25, 0.3) is 11.1 Å². The molecule has 0 amide bonds. The molecule has 1 aliphatic carbocycles. The first-order chi connectivity index (χ1) is 13.9. The van der Waals surface area contributed by atoms with E-state index in [1.165, 1.54) is 38.9 Å². The van der Waals surface area contributed by atoms with Crippen molar-refractivity contribution < 1.29 is 0 Å². The second kappa shape index (κ2) is 7.48. The van der Waals surface area contributed by atoms with Gasteiger partial charge in [0.15, 0.2) is 0 Å². The molecular formula is C28H24. The minimum Gasteiger partial charge on any atom is -0.0622 e. The summed E-state index contributed by atoms with van der Waals surface area (Å²) in [6, 6.07) is 37.6. The maximum atomic E-state index is 2.36. The smallest absolute Gasteiger partial charge is 0.00106 e. The molecule has 0 saturated carbocycles. The van der Waals surface area contributed by atoms with E-state index in [-0.39, 0.29) is 0 Å². The monoisotopic (exact) mass is 360 g/mol. The average molecular weight is 361 g/mol. The van der Waals surface area contributed by atoms with Crippen LogP contribution in [0.1, 0.15) is 33.7 Å². The number of rotatable bonds is 5. The molecule has 0 aliphatic heterocycles. The summed E-state index contributed by atoms with van der Waals surface area (Å²) in [7, 11) is 0. The second-order valence-corrected chi connectivity index (χ2v) is 7.78. The van der Waals surface area contributed by atoms with Crippen molar-refractivity contribution in [1.29, 1.82) is 0 Å². The summed E-state index contributed by atoms with van der Waals surface area (Å²) in [4.78, 5) is 0. The van der Waals surface area contributed by atoms with Crippen LogP contribution < -0.4 is 0 Å². The number of fused-ring (bicyclic) bond motifs is 3. The van der Waals surface area contributed by atoms with Gasteiger partial charge < -0.3 is 0 Å². The minimum absolute atomic E-state index is 0.481. The normalized spacial score (nSPS) is 12.0. The van der Waals surface area contributed by atoms with E-state index in [1.54, 1.807) is 0 Å². The van der Waals surface area contributed by atoms with Gasteiger partial charge in [-0.3, -0.25) is 0 Å². The maximum absolute atomic E-state index is 2.36. The van der Waals surface area contributed by atoms with Crippen molar-refractivity contribution in [2.24, 2.45) is 0 Å². The Morgan fingerprint density at radius 3 is 1.79 bits per heavy atom. The molecule has 0 heteroatoms. The SMILES string of the molecule is c1ccc(CC(Cc2ccccc2)c2cccc3c2Cc2ccccc2-3)cc1. The molecule has 0 heterocycles. The quantitative estimate of drug-likeness (QED) is 0.322. The van der Waals surface area contributed by atoms with Crippen LogP contribution in [0.5, 0.6) is 0 Å². The third-order valence-electron chi connectivity index (χ3n) is 5.98. The van der Waals surface area contributed by atoms with Crippen LogP contribution >= 0.6 is 0 Å². The molecule has 0 nitrogen and oxygen atoms in total. The van der Waals surface area contributed by atoms with Gasteiger partial charge in [-0.1, -0.05) is 103 Å². The van der Waals surface area contributed by atoms with E-state index in [4.69, 9.17) is 0 Å². The molecule has 28 heavy (non-hydrogen) atoms. The van der Waals surface area contributed by atoms with Gasteiger partial charge in [-0.05, 0) is 64.1 Å². The Morgan fingerprint density at radius 2 is 1.11 bits per heavy atom. The van der Waals surface area contributed by atoms with Crippen LogP contribution in [-0.4, -0.2) is 0 Å². The van der Waals surface area contributed by atoms with Crippen molar-refractivity contribution >= 4 is 0 Å². The highest BCUT2D eigenvalue weighted by molar-refractivity contribution is 5.78. The molecule has 0 saturated heterocycles. The van der Waals surface area contributed by atoms with Gasteiger partial charge in [-0.2, -0.15) is 0 Å². The van der Waals surface area contributed by atoms with Crippen LogP contribution in [0.3, 0.4) is 0 Å². The number of hydrogen-bond donors (Lipinski definition) is 0. The second-order valence-electron chi connectivity index (χ2n) is 7.78. The summed E-state index contributed by atoms with van der Waals surface area (Å²) in [5, 5.41) is 0. The Balaban J connectivity index is 1.56. The van der Waals surface area contributed by atoms with Gasteiger partial charge in [-0.15, -0.1) is 0 Å². The van der Waals surface area contributed by atoms with Crippen LogP contribution in [0.15, 0.2) is 103 Å². The first-order valence-corrected chi connectivity index (χ1v) is 10.2. The van der Waals surface area contributed by atoms with Gasteiger partial charge in [0.05, 0.1) is 0 Å². The molecule has 0 fully saturated rings. The van der Waals surface area contributed by atoms with Crippen molar-refractivity contribution in [3.8, 4) is 11.1 Å². The maximum Gasteiger partial charge on any atom is -0.00106 e. The molecule has 0 aromatic heterocycles.